The number of benzene rings is 1. The van der Waals surface area contributed by atoms with Gasteiger partial charge in [0, 0.05) is 41.4 Å². The molecule has 1 aliphatic rings. The number of carbonyl (C=O) groups excluding carboxylic acids is 1. The summed E-state index contributed by atoms with van der Waals surface area (Å²) in [6.45, 7) is 2.64. The van der Waals surface area contributed by atoms with Crippen LogP contribution in [0, 0.1) is 0 Å². The normalized spacial score (nSPS) is 13.6. The van der Waals surface area contributed by atoms with E-state index in [-0.39, 0.29) is 5.91 Å². The molecule has 1 fully saturated rings. The number of hydrogen-bond acceptors (Lipinski definition) is 5. The number of thioether (sulfide) groups is 1. The van der Waals surface area contributed by atoms with Crippen LogP contribution in [0.5, 0.6) is 0 Å². The minimum Gasteiger partial charge on any atom is -0.357 e. The Kier molecular flexibility index (Phi) is 6.29. The number of amides is 1. The fourth-order valence-electron chi connectivity index (χ4n) is 3.29. The van der Waals surface area contributed by atoms with E-state index in [1.165, 1.54) is 17.7 Å². The fraction of sp³-hybridized carbons (Fsp3) is 0.273. The lowest BCUT2D eigenvalue weighted by molar-refractivity contribution is 0.0948. The molecule has 6 heteroatoms. The summed E-state index contributed by atoms with van der Waals surface area (Å²) in [5.41, 5.74) is 1.81. The molecule has 0 bridgehead atoms. The number of rotatable bonds is 7. The van der Waals surface area contributed by atoms with Crippen LogP contribution in [0.15, 0.2) is 65.0 Å². The Morgan fingerprint density at radius 2 is 2.00 bits per heavy atom. The number of aromatic nitrogens is 1. The van der Waals surface area contributed by atoms with Gasteiger partial charge in [0.1, 0.15) is 5.82 Å². The van der Waals surface area contributed by atoms with Crippen LogP contribution in [0.1, 0.15) is 33.6 Å². The van der Waals surface area contributed by atoms with Crippen LogP contribution in [0.25, 0.3) is 0 Å². The molecule has 1 N–H and O–H groups in total. The van der Waals surface area contributed by atoms with Crippen LogP contribution in [-0.4, -0.2) is 24.0 Å². The molecule has 0 unspecified atom stereocenters. The molecule has 3 heterocycles. The molecule has 1 aliphatic heterocycles. The van der Waals surface area contributed by atoms with E-state index in [1.54, 1.807) is 23.1 Å². The van der Waals surface area contributed by atoms with Crippen LogP contribution >= 0.6 is 23.1 Å². The van der Waals surface area contributed by atoms with E-state index in [4.69, 9.17) is 0 Å². The van der Waals surface area contributed by atoms with Crippen molar-refractivity contribution in [2.24, 2.45) is 0 Å². The van der Waals surface area contributed by atoms with Gasteiger partial charge >= 0.3 is 0 Å². The number of pyridine rings is 1. The molecular weight excluding hydrogens is 386 g/mol. The highest BCUT2D eigenvalue weighted by atomic mass is 32.2. The van der Waals surface area contributed by atoms with Crippen molar-refractivity contribution in [3.05, 3.63) is 76.1 Å². The first-order chi connectivity index (χ1) is 13.8. The first-order valence-electron chi connectivity index (χ1n) is 9.52. The van der Waals surface area contributed by atoms with Gasteiger partial charge in [-0.25, -0.2) is 4.98 Å². The molecule has 1 aromatic carbocycles. The Morgan fingerprint density at radius 3 is 2.82 bits per heavy atom. The van der Waals surface area contributed by atoms with E-state index in [1.807, 2.05) is 36.5 Å². The van der Waals surface area contributed by atoms with E-state index in [0.717, 1.165) is 40.7 Å². The highest BCUT2D eigenvalue weighted by molar-refractivity contribution is 7.98. The number of carbonyl (C=O) groups is 1. The zero-order chi connectivity index (χ0) is 19.2. The van der Waals surface area contributed by atoms with Crippen LogP contribution < -0.4 is 10.2 Å². The zero-order valence-electron chi connectivity index (χ0n) is 15.6. The largest absolute Gasteiger partial charge is 0.357 e. The summed E-state index contributed by atoms with van der Waals surface area (Å²) in [7, 11) is 0. The number of anilines is 1. The maximum Gasteiger partial charge on any atom is 0.252 e. The minimum absolute atomic E-state index is 0.0335. The Morgan fingerprint density at radius 1 is 1.14 bits per heavy atom. The van der Waals surface area contributed by atoms with Crippen molar-refractivity contribution in [1.29, 1.82) is 0 Å². The second-order valence-electron chi connectivity index (χ2n) is 6.76. The Bertz CT molecular complexity index is 921. The third-order valence-electron chi connectivity index (χ3n) is 4.77. The van der Waals surface area contributed by atoms with Gasteiger partial charge in [0.2, 0.25) is 0 Å². The molecule has 28 heavy (non-hydrogen) atoms. The molecule has 1 saturated heterocycles. The van der Waals surface area contributed by atoms with Gasteiger partial charge in [0.25, 0.3) is 5.91 Å². The molecule has 0 spiro atoms. The number of hydrogen-bond donors (Lipinski definition) is 1. The highest BCUT2D eigenvalue weighted by Crippen LogP contribution is 2.28. The van der Waals surface area contributed by atoms with Crippen molar-refractivity contribution in [2.75, 3.05) is 18.0 Å². The minimum atomic E-state index is -0.0335. The fourth-order valence-corrected chi connectivity index (χ4v) is 5.11. The molecule has 0 aliphatic carbocycles. The van der Waals surface area contributed by atoms with Crippen LogP contribution in [0.4, 0.5) is 5.82 Å². The summed E-state index contributed by atoms with van der Waals surface area (Å²) in [4.78, 5) is 21.9. The predicted octanol–water partition coefficient (Wildman–Crippen LogP) is 4.97. The third-order valence-corrected chi connectivity index (χ3v) is 6.96. The van der Waals surface area contributed by atoms with E-state index in [9.17, 15) is 4.79 Å². The average Bonchev–Trinajstić information content (AvgIpc) is 3.45. The van der Waals surface area contributed by atoms with E-state index in [2.05, 4.69) is 38.8 Å². The summed E-state index contributed by atoms with van der Waals surface area (Å²) < 4.78 is 0. The monoisotopic (exact) mass is 409 g/mol. The molecule has 4 nitrogen and oxygen atoms in total. The van der Waals surface area contributed by atoms with Crippen molar-refractivity contribution < 1.29 is 4.79 Å². The molecule has 2 aromatic heterocycles. The number of nitrogens with one attached hydrogen (secondary N) is 1. The van der Waals surface area contributed by atoms with Crippen molar-refractivity contribution in [2.45, 2.75) is 30.0 Å². The van der Waals surface area contributed by atoms with Crippen LogP contribution in [0.2, 0.25) is 0 Å². The maximum absolute atomic E-state index is 12.8. The van der Waals surface area contributed by atoms with Gasteiger partial charge in [-0.05, 0) is 54.1 Å². The van der Waals surface area contributed by atoms with E-state index in [0.29, 0.717) is 6.54 Å². The lowest BCUT2D eigenvalue weighted by Crippen LogP contribution is -2.24. The number of nitrogens with zero attached hydrogens (tertiary/aromatic N) is 2. The number of thiophene rings is 1. The van der Waals surface area contributed by atoms with Gasteiger partial charge in [-0.15, -0.1) is 23.1 Å². The SMILES string of the molecule is O=C(NCc1ccnc(N2CCCC2)c1)c1ccccc1SCc1cccs1. The van der Waals surface area contributed by atoms with Gasteiger partial charge in [0.05, 0.1) is 5.56 Å². The van der Waals surface area contributed by atoms with Gasteiger partial charge in [-0.1, -0.05) is 18.2 Å². The molecule has 144 valence electrons. The lowest BCUT2D eigenvalue weighted by Gasteiger charge is -2.17. The van der Waals surface area contributed by atoms with Gasteiger partial charge < -0.3 is 10.2 Å². The van der Waals surface area contributed by atoms with Crippen LogP contribution in [0.3, 0.4) is 0 Å². The molecule has 0 atom stereocenters. The van der Waals surface area contributed by atoms with Crippen molar-refractivity contribution >= 4 is 34.8 Å². The molecule has 4 rings (SSSR count). The van der Waals surface area contributed by atoms with Crippen LogP contribution in [-0.2, 0) is 12.3 Å². The van der Waals surface area contributed by atoms with Crippen molar-refractivity contribution in [1.82, 2.24) is 10.3 Å². The van der Waals surface area contributed by atoms with Gasteiger partial charge in [0.15, 0.2) is 0 Å². The Labute approximate surface area is 174 Å². The van der Waals surface area contributed by atoms with Gasteiger partial charge in [-0.3, -0.25) is 4.79 Å². The smallest absolute Gasteiger partial charge is 0.252 e. The summed E-state index contributed by atoms with van der Waals surface area (Å²) in [5, 5.41) is 5.15. The standard InChI is InChI=1S/C22H23N3OS2/c26-22(19-7-1-2-8-20(19)28-16-18-6-5-13-27-18)24-15-17-9-10-23-21(14-17)25-11-3-4-12-25/h1-2,5-10,13-14H,3-4,11-12,15-16H2,(H,24,26). The summed E-state index contributed by atoms with van der Waals surface area (Å²) in [5.74, 6) is 1.86. The quantitative estimate of drug-likeness (QED) is 0.560. The highest BCUT2D eigenvalue weighted by Gasteiger charge is 2.15. The summed E-state index contributed by atoms with van der Waals surface area (Å²) in [6, 6.07) is 16.1. The van der Waals surface area contributed by atoms with Crippen molar-refractivity contribution in [3.8, 4) is 0 Å². The molecule has 1 amide bonds. The summed E-state index contributed by atoms with van der Waals surface area (Å²) in [6.07, 6.45) is 4.28. The van der Waals surface area contributed by atoms with E-state index < -0.39 is 0 Å². The average molecular weight is 410 g/mol. The third kappa shape index (κ3) is 4.75. The lowest BCUT2D eigenvalue weighted by atomic mass is 10.2. The first kappa shape index (κ1) is 19.0. The van der Waals surface area contributed by atoms with Crippen molar-refractivity contribution in [3.63, 3.8) is 0 Å². The van der Waals surface area contributed by atoms with Gasteiger partial charge in [-0.2, -0.15) is 0 Å². The first-order valence-corrected chi connectivity index (χ1v) is 11.4. The zero-order valence-corrected chi connectivity index (χ0v) is 17.3. The predicted molar refractivity (Wildman–Crippen MR) is 117 cm³/mol. The maximum atomic E-state index is 12.8. The molecule has 0 saturated carbocycles. The second-order valence-corrected chi connectivity index (χ2v) is 8.81. The molecule has 0 radical (unpaired) electrons. The second kappa shape index (κ2) is 9.26. The Hall–Kier alpha value is -2.31. The Balaban J connectivity index is 1.39. The van der Waals surface area contributed by atoms with E-state index >= 15 is 0 Å². The summed E-state index contributed by atoms with van der Waals surface area (Å²) >= 11 is 3.45. The topological polar surface area (TPSA) is 45.2 Å². The molecular formula is C22H23N3OS2. The molecule has 3 aromatic rings.